The van der Waals surface area contributed by atoms with Crippen LogP contribution in [-0.4, -0.2) is 46.2 Å². The molecule has 1 aliphatic rings. The van der Waals surface area contributed by atoms with Crippen molar-refractivity contribution in [2.24, 2.45) is 0 Å². The number of anilines is 1. The number of hydrogen-bond acceptors (Lipinski definition) is 3. The molecular weight excluding hydrogens is 300 g/mol. The van der Waals surface area contributed by atoms with Crippen molar-refractivity contribution in [2.75, 3.05) is 31.6 Å². The highest BCUT2D eigenvalue weighted by Gasteiger charge is 2.20. The molecule has 0 radical (unpaired) electrons. The number of ether oxygens (including phenoxy) is 1. The molecule has 0 spiro atoms. The van der Waals surface area contributed by atoms with Gasteiger partial charge in [0.05, 0.1) is 13.2 Å². The largest absolute Gasteiger partial charge is 0.378 e. The highest BCUT2D eigenvalue weighted by Crippen LogP contribution is 2.19. The summed E-state index contributed by atoms with van der Waals surface area (Å²) < 4.78 is 17.2. The number of urea groups is 1. The first-order chi connectivity index (χ1) is 10.4. The molecule has 1 saturated heterocycles. The van der Waals surface area contributed by atoms with Gasteiger partial charge < -0.3 is 15.0 Å². The van der Waals surface area contributed by atoms with Gasteiger partial charge in [-0.1, -0.05) is 12.1 Å². The van der Waals surface area contributed by atoms with E-state index in [1.165, 1.54) is 0 Å². The zero-order valence-corrected chi connectivity index (χ0v) is 14.2. The van der Waals surface area contributed by atoms with E-state index in [-0.39, 0.29) is 10.8 Å². The summed E-state index contributed by atoms with van der Waals surface area (Å²) in [5.41, 5.74) is 1.70. The third-order valence-corrected chi connectivity index (χ3v) is 5.42. The fourth-order valence-corrected chi connectivity index (χ4v) is 2.99. The van der Waals surface area contributed by atoms with Crippen LogP contribution in [0.25, 0.3) is 0 Å². The Morgan fingerprint density at radius 2 is 2.00 bits per heavy atom. The molecule has 2 rings (SSSR count). The van der Waals surface area contributed by atoms with Crippen molar-refractivity contribution in [3.63, 3.8) is 0 Å². The van der Waals surface area contributed by atoms with E-state index in [1.54, 1.807) is 4.90 Å². The molecule has 1 aromatic rings. The Balaban J connectivity index is 1.99. The quantitative estimate of drug-likeness (QED) is 0.930. The fraction of sp³-hybridized carbons (Fsp3) is 0.562. The van der Waals surface area contributed by atoms with E-state index in [9.17, 15) is 9.00 Å². The second kappa shape index (κ2) is 7.24. The van der Waals surface area contributed by atoms with E-state index in [0.29, 0.717) is 32.1 Å². The van der Waals surface area contributed by atoms with Crippen LogP contribution < -0.4 is 5.32 Å². The number of carbonyl (C=O) groups is 1. The minimum atomic E-state index is -0.953. The number of benzene rings is 1. The summed E-state index contributed by atoms with van der Waals surface area (Å²) in [5.74, 6) is 0.491. The molecule has 22 heavy (non-hydrogen) atoms. The van der Waals surface area contributed by atoms with Gasteiger partial charge >= 0.3 is 6.03 Å². The predicted octanol–water partition coefficient (Wildman–Crippen LogP) is 2.60. The lowest BCUT2D eigenvalue weighted by atomic mass is 10.2. The SMILES string of the molecule is CC(C)(C)S(=O)Cc1cccc(NC(=O)N2CCOCC2)c1. The first-order valence-electron chi connectivity index (χ1n) is 7.47. The van der Waals surface area contributed by atoms with Gasteiger partial charge in [0.15, 0.2) is 0 Å². The molecule has 1 N–H and O–H groups in total. The van der Waals surface area contributed by atoms with E-state index in [2.05, 4.69) is 5.32 Å². The van der Waals surface area contributed by atoms with Crippen molar-refractivity contribution >= 4 is 22.5 Å². The van der Waals surface area contributed by atoms with Crippen molar-refractivity contribution in [3.8, 4) is 0 Å². The van der Waals surface area contributed by atoms with Crippen molar-refractivity contribution in [1.29, 1.82) is 0 Å². The lowest BCUT2D eigenvalue weighted by Crippen LogP contribution is -2.43. The molecule has 1 aliphatic heterocycles. The van der Waals surface area contributed by atoms with E-state index >= 15 is 0 Å². The molecule has 6 heteroatoms. The topological polar surface area (TPSA) is 58.6 Å². The molecule has 0 aliphatic carbocycles. The van der Waals surface area contributed by atoms with Gasteiger partial charge in [0.2, 0.25) is 0 Å². The molecule has 5 nitrogen and oxygen atoms in total. The van der Waals surface area contributed by atoms with Gasteiger partial charge in [0.1, 0.15) is 0 Å². The van der Waals surface area contributed by atoms with Crippen molar-refractivity contribution in [3.05, 3.63) is 29.8 Å². The number of carbonyl (C=O) groups excluding carboxylic acids is 1. The van der Waals surface area contributed by atoms with Crippen LogP contribution >= 0.6 is 0 Å². The number of amides is 2. The number of nitrogens with zero attached hydrogens (tertiary/aromatic N) is 1. The van der Waals surface area contributed by atoms with Crippen LogP contribution in [0.1, 0.15) is 26.3 Å². The van der Waals surface area contributed by atoms with Gasteiger partial charge in [-0.05, 0) is 38.5 Å². The molecule has 1 fully saturated rings. The van der Waals surface area contributed by atoms with E-state index in [4.69, 9.17) is 4.74 Å². The Morgan fingerprint density at radius 3 is 2.64 bits per heavy atom. The molecule has 2 amide bonds. The van der Waals surface area contributed by atoms with Crippen LogP contribution in [0.3, 0.4) is 0 Å². The Bertz CT molecular complexity index is 549. The highest BCUT2D eigenvalue weighted by atomic mass is 32.2. The molecule has 122 valence electrons. The number of morpholine rings is 1. The molecule has 1 unspecified atom stereocenters. The Hall–Kier alpha value is -1.40. The van der Waals surface area contributed by atoms with Gasteiger partial charge in [-0.15, -0.1) is 0 Å². The van der Waals surface area contributed by atoms with Gasteiger partial charge in [0, 0.05) is 40.1 Å². The standard InChI is InChI=1S/C16H24N2O3S/c1-16(2,3)22(20)12-13-5-4-6-14(11-13)17-15(19)18-7-9-21-10-8-18/h4-6,11H,7-10,12H2,1-3H3,(H,17,19). The molecule has 1 atom stereocenters. The summed E-state index contributed by atoms with van der Waals surface area (Å²) >= 11 is 0. The monoisotopic (exact) mass is 324 g/mol. The third kappa shape index (κ3) is 4.81. The average Bonchev–Trinajstić information content (AvgIpc) is 2.47. The molecule has 0 bridgehead atoms. The van der Waals surface area contributed by atoms with Crippen LogP contribution in [0.5, 0.6) is 0 Å². The normalized spacial score (nSPS) is 17.1. The summed E-state index contributed by atoms with van der Waals surface area (Å²) in [5, 5.41) is 2.90. The molecule has 0 saturated carbocycles. The summed E-state index contributed by atoms with van der Waals surface area (Å²) in [7, 11) is -0.953. The van der Waals surface area contributed by atoms with Crippen molar-refractivity contribution in [1.82, 2.24) is 4.90 Å². The lowest BCUT2D eigenvalue weighted by molar-refractivity contribution is 0.0564. The summed E-state index contributed by atoms with van der Waals surface area (Å²) in [6.07, 6.45) is 0. The average molecular weight is 324 g/mol. The van der Waals surface area contributed by atoms with Crippen LogP contribution in [0.4, 0.5) is 10.5 Å². The van der Waals surface area contributed by atoms with Gasteiger partial charge in [-0.25, -0.2) is 4.79 Å². The minimum Gasteiger partial charge on any atom is -0.378 e. The summed E-state index contributed by atoms with van der Waals surface area (Å²) in [6, 6.07) is 7.44. The van der Waals surface area contributed by atoms with Gasteiger partial charge in [0.25, 0.3) is 0 Å². The van der Waals surface area contributed by atoms with E-state index < -0.39 is 10.8 Å². The molecular formula is C16H24N2O3S. The summed E-state index contributed by atoms with van der Waals surface area (Å²) in [4.78, 5) is 13.9. The first kappa shape index (κ1) is 17.0. The van der Waals surface area contributed by atoms with Crippen LogP contribution in [0.15, 0.2) is 24.3 Å². The number of hydrogen-bond donors (Lipinski definition) is 1. The van der Waals surface area contributed by atoms with Gasteiger partial charge in [-0.2, -0.15) is 0 Å². The van der Waals surface area contributed by atoms with Crippen LogP contribution in [-0.2, 0) is 21.3 Å². The maximum atomic E-state index is 12.2. The number of nitrogens with one attached hydrogen (secondary N) is 1. The van der Waals surface area contributed by atoms with Crippen molar-refractivity contribution < 1.29 is 13.7 Å². The second-order valence-corrected chi connectivity index (χ2v) is 8.54. The molecule has 1 heterocycles. The minimum absolute atomic E-state index is 0.114. The Kier molecular flexibility index (Phi) is 5.58. The van der Waals surface area contributed by atoms with Crippen molar-refractivity contribution in [2.45, 2.75) is 31.3 Å². The third-order valence-electron chi connectivity index (χ3n) is 3.46. The Labute approximate surface area is 134 Å². The summed E-state index contributed by atoms with van der Waals surface area (Å²) in [6.45, 7) is 8.28. The van der Waals surface area contributed by atoms with Crippen LogP contribution in [0, 0.1) is 0 Å². The van der Waals surface area contributed by atoms with E-state index in [1.807, 2.05) is 45.0 Å². The second-order valence-electron chi connectivity index (χ2n) is 6.33. The zero-order chi connectivity index (χ0) is 16.2. The lowest BCUT2D eigenvalue weighted by Gasteiger charge is -2.27. The van der Waals surface area contributed by atoms with Crippen LogP contribution in [0.2, 0.25) is 0 Å². The molecule has 1 aromatic carbocycles. The predicted molar refractivity (Wildman–Crippen MR) is 89.5 cm³/mol. The van der Waals surface area contributed by atoms with E-state index in [0.717, 1.165) is 11.3 Å². The smallest absolute Gasteiger partial charge is 0.321 e. The maximum Gasteiger partial charge on any atom is 0.321 e. The number of rotatable bonds is 3. The maximum absolute atomic E-state index is 12.2. The van der Waals surface area contributed by atoms with Gasteiger partial charge in [-0.3, -0.25) is 4.21 Å². The first-order valence-corrected chi connectivity index (χ1v) is 8.79. The fourth-order valence-electron chi connectivity index (χ4n) is 2.08. The zero-order valence-electron chi connectivity index (χ0n) is 13.4. The Morgan fingerprint density at radius 1 is 1.32 bits per heavy atom. The highest BCUT2D eigenvalue weighted by molar-refractivity contribution is 7.85. The molecule has 0 aromatic heterocycles.